The highest BCUT2D eigenvalue weighted by atomic mass is 19.4. The van der Waals surface area contributed by atoms with Crippen molar-refractivity contribution in [3.8, 4) is 5.75 Å². The zero-order valence-corrected chi connectivity index (χ0v) is 23.7. The van der Waals surface area contributed by atoms with Crippen LogP contribution in [-0.2, 0) is 19.1 Å². The van der Waals surface area contributed by atoms with E-state index >= 15 is 0 Å². The van der Waals surface area contributed by atoms with Gasteiger partial charge >= 0.3 is 12.1 Å². The zero-order valence-electron chi connectivity index (χ0n) is 23.7. The van der Waals surface area contributed by atoms with E-state index in [0.717, 1.165) is 0 Å². The highest BCUT2D eigenvalue weighted by Gasteiger charge is 2.40. The molecule has 1 saturated heterocycles. The highest BCUT2D eigenvalue weighted by molar-refractivity contribution is 6.29. The molecule has 238 valence electrons. The minimum absolute atomic E-state index is 0.00540. The average molecular weight is 632 g/mol. The first-order chi connectivity index (χ1) is 21.3. The van der Waals surface area contributed by atoms with Crippen LogP contribution in [0.15, 0.2) is 42.5 Å². The van der Waals surface area contributed by atoms with Crippen LogP contribution in [0.5, 0.6) is 5.75 Å². The van der Waals surface area contributed by atoms with Crippen LogP contribution >= 0.6 is 0 Å². The summed E-state index contributed by atoms with van der Waals surface area (Å²) in [7, 11) is 1.19. The van der Waals surface area contributed by atoms with Gasteiger partial charge in [0.1, 0.15) is 6.10 Å². The van der Waals surface area contributed by atoms with Crippen molar-refractivity contribution in [1.29, 1.82) is 0 Å². The molecule has 0 radical (unpaired) electrons. The van der Waals surface area contributed by atoms with Gasteiger partial charge in [0.05, 0.1) is 31.0 Å². The Balaban J connectivity index is 1.78. The molecule has 0 spiro atoms. The predicted octanol–water partition coefficient (Wildman–Crippen LogP) is 2.80. The molecule has 2 aliphatic rings. The first-order valence-corrected chi connectivity index (χ1v) is 13.9. The number of ether oxygens (including phenoxy) is 2. The molecule has 1 aliphatic heterocycles. The minimum atomic E-state index is -5.35. The Morgan fingerprint density at radius 1 is 1.00 bits per heavy atom. The molecular weight excluding hydrogens is 603 g/mol. The molecule has 1 fully saturated rings. The lowest BCUT2D eigenvalue weighted by molar-refractivity contribution is -0.180. The number of amides is 1. The minimum Gasteiger partial charge on any atom is -0.391 e. The molecule has 3 aromatic carbocycles. The number of hydrogen-bond acceptors (Lipinski definition) is 10. The highest BCUT2D eigenvalue weighted by Crippen LogP contribution is 2.44. The molecule has 45 heavy (non-hydrogen) atoms. The molecule has 11 nitrogen and oxygen atoms in total. The monoisotopic (exact) mass is 631 g/mol. The maximum Gasteiger partial charge on any atom is 0.474 e. The Morgan fingerprint density at radius 3 is 2.24 bits per heavy atom. The lowest BCUT2D eigenvalue weighted by Gasteiger charge is -2.28. The van der Waals surface area contributed by atoms with Crippen molar-refractivity contribution in [2.75, 3.05) is 13.7 Å². The summed E-state index contributed by atoms with van der Waals surface area (Å²) >= 11 is 0. The van der Waals surface area contributed by atoms with Crippen LogP contribution in [-0.4, -0.2) is 77.3 Å². The zero-order chi connectivity index (χ0) is 32.6. The molecule has 5 atom stereocenters. The standard InChI is InChI=1S/C31H28F3NO10/c1-43-25(12-36)21-9-14-8-19-20(28(41)17-5-3-2-4-16(17)27(19)40)11-18(14)29(45-35-30(42)31(32,33)34)26(21)24-7-6-22(38)23(39)10-15(37)13-44-24/h2-5,8-9,11-12,15,22-25,37-39H,6-7,10,13H2,1H3,(H,35,42)/t15-,22+,23-,24+,25?/m1/s1. The number of benzene rings is 3. The second kappa shape index (κ2) is 12.7. The van der Waals surface area contributed by atoms with E-state index in [1.165, 1.54) is 42.9 Å². The number of aldehydes is 1. The fraction of sp³-hybridized carbons (Fsp3) is 0.355. The van der Waals surface area contributed by atoms with Gasteiger partial charge in [-0.2, -0.15) is 18.7 Å². The third-order valence-corrected chi connectivity index (χ3v) is 7.89. The summed E-state index contributed by atoms with van der Waals surface area (Å²) in [4.78, 5) is 56.3. The van der Waals surface area contributed by atoms with Crippen molar-refractivity contribution < 1.29 is 62.0 Å². The van der Waals surface area contributed by atoms with Gasteiger partial charge in [0.15, 0.2) is 23.6 Å². The molecule has 3 aromatic rings. The Labute approximate surface area is 253 Å². The van der Waals surface area contributed by atoms with E-state index in [1.807, 2.05) is 0 Å². The van der Waals surface area contributed by atoms with Crippen LogP contribution in [0.25, 0.3) is 10.8 Å². The van der Waals surface area contributed by atoms with Gasteiger partial charge in [0, 0.05) is 46.7 Å². The number of methoxy groups -OCH3 is 1. The smallest absolute Gasteiger partial charge is 0.391 e. The first-order valence-electron chi connectivity index (χ1n) is 13.9. The predicted molar refractivity (Wildman–Crippen MR) is 148 cm³/mol. The van der Waals surface area contributed by atoms with Crippen molar-refractivity contribution in [2.24, 2.45) is 0 Å². The number of halogens is 3. The number of aliphatic hydroxyl groups is 3. The van der Waals surface area contributed by atoms with Crippen LogP contribution in [0.3, 0.4) is 0 Å². The molecule has 4 N–H and O–H groups in total. The Hall–Kier alpha value is -4.21. The van der Waals surface area contributed by atoms with E-state index in [1.54, 1.807) is 12.1 Å². The number of hydrogen-bond donors (Lipinski definition) is 4. The van der Waals surface area contributed by atoms with Gasteiger partial charge in [0.2, 0.25) is 0 Å². The molecule has 0 saturated carbocycles. The quantitative estimate of drug-likeness (QED) is 0.183. The average Bonchev–Trinajstić information content (AvgIpc) is 3.07. The Bertz CT molecular complexity index is 1670. The van der Waals surface area contributed by atoms with Crippen molar-refractivity contribution >= 4 is 34.5 Å². The Kier molecular flexibility index (Phi) is 9.05. The molecule has 0 bridgehead atoms. The summed E-state index contributed by atoms with van der Waals surface area (Å²) in [6.45, 7) is -0.396. The fourth-order valence-electron chi connectivity index (χ4n) is 5.64. The van der Waals surface area contributed by atoms with Crippen molar-refractivity contribution in [2.45, 2.75) is 56.0 Å². The van der Waals surface area contributed by atoms with Gasteiger partial charge in [-0.25, -0.2) is 0 Å². The van der Waals surface area contributed by atoms with Gasteiger partial charge in [-0.05, 0) is 42.0 Å². The molecule has 14 heteroatoms. The topological polar surface area (TPSA) is 169 Å². The second-order valence-corrected chi connectivity index (χ2v) is 10.8. The van der Waals surface area contributed by atoms with Gasteiger partial charge < -0.3 is 34.4 Å². The molecule has 1 unspecified atom stereocenters. The van der Waals surface area contributed by atoms with E-state index < -0.39 is 66.5 Å². The molecule has 1 amide bonds. The maximum absolute atomic E-state index is 13.5. The summed E-state index contributed by atoms with van der Waals surface area (Å²) in [5.74, 6) is -3.95. The molecule has 1 heterocycles. The molecule has 5 rings (SSSR count). The lowest BCUT2D eigenvalue weighted by atomic mass is 9.81. The number of ketones is 2. The normalized spacial score (nSPS) is 22.8. The lowest BCUT2D eigenvalue weighted by Crippen LogP contribution is -2.39. The molecule has 1 aliphatic carbocycles. The van der Waals surface area contributed by atoms with E-state index in [2.05, 4.69) is 0 Å². The summed E-state index contributed by atoms with van der Waals surface area (Å²) < 4.78 is 50.9. The molecular formula is C31H28F3NO10. The summed E-state index contributed by atoms with van der Waals surface area (Å²) in [5, 5.41) is 31.2. The van der Waals surface area contributed by atoms with Crippen LogP contribution in [0.4, 0.5) is 13.2 Å². The third-order valence-electron chi connectivity index (χ3n) is 7.89. The van der Waals surface area contributed by atoms with Crippen molar-refractivity contribution in [3.05, 3.63) is 75.8 Å². The van der Waals surface area contributed by atoms with Crippen LogP contribution in [0, 0.1) is 0 Å². The molecule has 0 aromatic heterocycles. The number of hydroxylamine groups is 1. The SMILES string of the molecule is COC(C=O)c1cc2cc3c(cc2c(ONC(=O)C(F)(F)F)c1[C@@H]1CC[C@H](O)[C@H](O)C[C@@H](O)CO1)C(=O)c1ccccc1C3=O. The van der Waals surface area contributed by atoms with E-state index in [4.69, 9.17) is 14.3 Å². The van der Waals surface area contributed by atoms with Crippen molar-refractivity contribution in [1.82, 2.24) is 5.48 Å². The number of fused-ring (bicyclic) bond motifs is 3. The van der Waals surface area contributed by atoms with Crippen LogP contribution in [0.2, 0.25) is 0 Å². The largest absolute Gasteiger partial charge is 0.474 e. The fourth-order valence-corrected chi connectivity index (χ4v) is 5.64. The van der Waals surface area contributed by atoms with E-state index in [9.17, 15) is 47.7 Å². The van der Waals surface area contributed by atoms with E-state index in [0.29, 0.717) is 6.29 Å². The van der Waals surface area contributed by atoms with Crippen LogP contribution in [0.1, 0.15) is 74.4 Å². The van der Waals surface area contributed by atoms with Gasteiger partial charge in [-0.15, -0.1) is 0 Å². The van der Waals surface area contributed by atoms with Gasteiger partial charge in [-0.1, -0.05) is 24.3 Å². The summed E-state index contributed by atoms with van der Waals surface area (Å²) in [5.41, 5.74) is 1.46. The number of alkyl halides is 3. The third kappa shape index (κ3) is 6.19. The second-order valence-electron chi connectivity index (χ2n) is 10.8. The summed E-state index contributed by atoms with van der Waals surface area (Å²) in [6.07, 6.45) is -11.9. The van der Waals surface area contributed by atoms with Gasteiger partial charge in [0.25, 0.3) is 0 Å². The summed E-state index contributed by atoms with van der Waals surface area (Å²) in [6, 6.07) is 10.1. The Morgan fingerprint density at radius 2 is 1.64 bits per heavy atom. The maximum atomic E-state index is 13.5. The number of nitrogens with one attached hydrogen (secondary N) is 1. The van der Waals surface area contributed by atoms with Crippen LogP contribution < -0.4 is 10.3 Å². The van der Waals surface area contributed by atoms with Crippen molar-refractivity contribution in [3.63, 3.8) is 0 Å². The van der Waals surface area contributed by atoms with Gasteiger partial charge in [-0.3, -0.25) is 14.4 Å². The number of rotatable bonds is 6. The van der Waals surface area contributed by atoms with E-state index in [-0.39, 0.29) is 63.4 Å². The number of aliphatic hydroxyl groups excluding tert-OH is 3. The number of carbonyl (C=O) groups is 4. The number of carbonyl (C=O) groups excluding carboxylic acids is 4. The first kappa shape index (κ1) is 32.2.